The zero-order valence-electron chi connectivity index (χ0n) is 10.9. The highest BCUT2D eigenvalue weighted by Gasteiger charge is 2.34. The quantitative estimate of drug-likeness (QED) is 0.906. The molecule has 0 aliphatic carbocycles. The lowest BCUT2D eigenvalue weighted by Crippen LogP contribution is -2.48. The normalized spacial score (nSPS) is 22.5. The lowest BCUT2D eigenvalue weighted by molar-refractivity contribution is 0.195. The molecule has 1 aliphatic rings. The molecular formula is C11H18N2O3S3. The van der Waals surface area contributed by atoms with Gasteiger partial charge in [-0.3, -0.25) is 0 Å². The summed E-state index contributed by atoms with van der Waals surface area (Å²) in [5.41, 5.74) is 0.603. The third kappa shape index (κ3) is 3.24. The average molecular weight is 322 g/mol. The number of aliphatic hydroxyl groups is 1. The van der Waals surface area contributed by atoms with Crippen molar-refractivity contribution >= 4 is 38.1 Å². The highest BCUT2D eigenvalue weighted by molar-refractivity contribution is 8.01. The minimum atomic E-state index is -3.12. The molecule has 0 bridgehead atoms. The van der Waals surface area contributed by atoms with Gasteiger partial charge in [-0.2, -0.15) is 11.8 Å². The van der Waals surface area contributed by atoms with Crippen molar-refractivity contribution in [2.75, 3.05) is 28.7 Å². The van der Waals surface area contributed by atoms with Gasteiger partial charge in [-0.1, -0.05) is 6.92 Å². The van der Waals surface area contributed by atoms with Crippen LogP contribution in [-0.4, -0.2) is 47.7 Å². The van der Waals surface area contributed by atoms with E-state index in [0.29, 0.717) is 23.1 Å². The summed E-state index contributed by atoms with van der Waals surface area (Å²) in [7, 11) is -3.12. The van der Waals surface area contributed by atoms with Crippen LogP contribution in [0.2, 0.25) is 0 Å². The molecule has 19 heavy (non-hydrogen) atoms. The van der Waals surface area contributed by atoms with Crippen molar-refractivity contribution < 1.29 is 13.5 Å². The molecule has 1 fully saturated rings. The number of thioether (sulfide) groups is 1. The van der Waals surface area contributed by atoms with Gasteiger partial charge in [-0.05, 0) is 6.92 Å². The summed E-state index contributed by atoms with van der Waals surface area (Å²) in [5, 5.41) is 11.5. The van der Waals surface area contributed by atoms with Crippen LogP contribution in [0.3, 0.4) is 0 Å². The van der Waals surface area contributed by atoms with Crippen molar-refractivity contribution in [1.82, 2.24) is 4.98 Å². The number of anilines is 1. The van der Waals surface area contributed by atoms with Crippen LogP contribution in [0.4, 0.5) is 5.13 Å². The van der Waals surface area contributed by atoms with Gasteiger partial charge in [0.05, 0.1) is 11.8 Å². The lowest BCUT2D eigenvalue weighted by Gasteiger charge is -2.34. The molecule has 0 amide bonds. The number of thiazole rings is 1. The van der Waals surface area contributed by atoms with Gasteiger partial charge in [0.1, 0.15) is 5.37 Å². The average Bonchev–Trinajstić information content (AvgIpc) is 2.88. The molecule has 0 saturated carbocycles. The van der Waals surface area contributed by atoms with E-state index in [1.54, 1.807) is 31.0 Å². The zero-order chi connectivity index (χ0) is 14.0. The van der Waals surface area contributed by atoms with Gasteiger partial charge in [0.2, 0.25) is 0 Å². The van der Waals surface area contributed by atoms with E-state index in [2.05, 4.69) is 4.98 Å². The maximum atomic E-state index is 12.2. The Bertz CT molecular complexity index is 527. The summed E-state index contributed by atoms with van der Waals surface area (Å²) in [6.45, 7) is 4.02. The SMILES string of the molecule is CCS(=O)(=O)C1CSCCN1c1nc(C(C)O)cs1. The van der Waals surface area contributed by atoms with Gasteiger partial charge in [-0.25, -0.2) is 13.4 Å². The van der Waals surface area contributed by atoms with Gasteiger partial charge in [0.25, 0.3) is 0 Å². The molecule has 0 spiro atoms. The minimum Gasteiger partial charge on any atom is -0.387 e. The second-order valence-corrected chi connectivity index (χ2v) is 8.84. The maximum Gasteiger partial charge on any atom is 0.186 e. The highest BCUT2D eigenvalue weighted by atomic mass is 32.2. The first-order chi connectivity index (χ1) is 8.95. The van der Waals surface area contributed by atoms with E-state index in [9.17, 15) is 13.5 Å². The van der Waals surface area contributed by atoms with E-state index in [4.69, 9.17) is 0 Å². The maximum absolute atomic E-state index is 12.2. The molecule has 1 saturated heterocycles. The molecule has 2 unspecified atom stereocenters. The Morgan fingerprint density at radius 2 is 2.37 bits per heavy atom. The van der Waals surface area contributed by atoms with Crippen LogP contribution in [0.1, 0.15) is 25.6 Å². The molecule has 1 aromatic rings. The number of sulfone groups is 1. The van der Waals surface area contributed by atoms with Crippen molar-refractivity contribution in [2.24, 2.45) is 0 Å². The Morgan fingerprint density at radius 3 is 2.95 bits per heavy atom. The number of aliphatic hydroxyl groups excluding tert-OH is 1. The fraction of sp³-hybridized carbons (Fsp3) is 0.727. The Balaban J connectivity index is 2.29. The second-order valence-electron chi connectivity index (χ2n) is 4.41. The molecule has 0 aromatic carbocycles. The van der Waals surface area contributed by atoms with Crippen LogP contribution in [0.5, 0.6) is 0 Å². The summed E-state index contributed by atoms with van der Waals surface area (Å²) in [5.74, 6) is 1.63. The van der Waals surface area contributed by atoms with Gasteiger partial charge in [0, 0.05) is 29.2 Å². The molecule has 2 rings (SSSR count). The van der Waals surface area contributed by atoms with E-state index < -0.39 is 21.3 Å². The predicted octanol–water partition coefficient (Wildman–Crippen LogP) is 1.51. The van der Waals surface area contributed by atoms with E-state index in [1.807, 2.05) is 4.90 Å². The number of nitrogens with zero attached hydrogens (tertiary/aromatic N) is 2. The van der Waals surface area contributed by atoms with Gasteiger partial charge < -0.3 is 10.0 Å². The largest absolute Gasteiger partial charge is 0.387 e. The summed E-state index contributed by atoms with van der Waals surface area (Å²) in [4.78, 5) is 6.22. The molecule has 1 N–H and O–H groups in total. The van der Waals surface area contributed by atoms with E-state index in [0.717, 1.165) is 5.75 Å². The Morgan fingerprint density at radius 1 is 1.63 bits per heavy atom. The first-order valence-electron chi connectivity index (χ1n) is 6.15. The fourth-order valence-electron chi connectivity index (χ4n) is 1.89. The Labute approximate surface area is 122 Å². The Hall–Kier alpha value is -0.310. The summed E-state index contributed by atoms with van der Waals surface area (Å²) >= 11 is 3.06. The van der Waals surface area contributed by atoms with Crippen molar-refractivity contribution in [3.05, 3.63) is 11.1 Å². The molecule has 108 valence electrons. The van der Waals surface area contributed by atoms with Gasteiger partial charge in [0.15, 0.2) is 15.0 Å². The van der Waals surface area contributed by atoms with Crippen LogP contribution >= 0.6 is 23.1 Å². The molecule has 8 heteroatoms. The number of hydrogen-bond acceptors (Lipinski definition) is 7. The Kier molecular flexibility index (Phi) is 4.75. The first kappa shape index (κ1) is 15.1. The van der Waals surface area contributed by atoms with E-state index >= 15 is 0 Å². The van der Waals surface area contributed by atoms with Crippen LogP contribution in [-0.2, 0) is 9.84 Å². The fourth-order valence-corrected chi connectivity index (χ4v) is 5.91. The van der Waals surface area contributed by atoms with E-state index in [1.165, 1.54) is 11.3 Å². The van der Waals surface area contributed by atoms with Gasteiger partial charge >= 0.3 is 0 Å². The molecule has 2 atom stereocenters. The van der Waals surface area contributed by atoms with Crippen LogP contribution in [0.25, 0.3) is 0 Å². The summed E-state index contributed by atoms with van der Waals surface area (Å²) in [6.07, 6.45) is -0.620. The third-order valence-corrected chi connectivity index (χ3v) is 7.27. The van der Waals surface area contributed by atoms with Crippen molar-refractivity contribution in [1.29, 1.82) is 0 Å². The summed E-state index contributed by atoms with van der Waals surface area (Å²) in [6, 6.07) is 0. The number of hydrogen-bond donors (Lipinski definition) is 1. The highest BCUT2D eigenvalue weighted by Crippen LogP contribution is 2.31. The third-order valence-electron chi connectivity index (χ3n) is 3.09. The van der Waals surface area contributed by atoms with Gasteiger partial charge in [-0.15, -0.1) is 11.3 Å². The van der Waals surface area contributed by atoms with Crippen LogP contribution in [0.15, 0.2) is 5.38 Å². The van der Waals surface area contributed by atoms with Crippen LogP contribution < -0.4 is 4.90 Å². The lowest BCUT2D eigenvalue weighted by atomic mass is 10.3. The number of rotatable bonds is 4. The minimum absolute atomic E-state index is 0.142. The molecular weight excluding hydrogens is 304 g/mol. The molecule has 1 aromatic heterocycles. The second kappa shape index (κ2) is 5.99. The first-order valence-corrected chi connectivity index (χ1v) is 9.90. The smallest absolute Gasteiger partial charge is 0.186 e. The standard InChI is InChI=1S/C11H18N2O3S3/c1-3-19(15,16)10-7-17-5-4-13(10)11-12-9(6-18-11)8(2)14/h6,8,10,14H,3-5,7H2,1-2H3. The van der Waals surface area contributed by atoms with Crippen molar-refractivity contribution in [3.8, 4) is 0 Å². The summed E-state index contributed by atoms with van der Waals surface area (Å²) < 4.78 is 24.3. The monoisotopic (exact) mass is 322 g/mol. The molecule has 5 nitrogen and oxygen atoms in total. The van der Waals surface area contributed by atoms with Crippen LogP contribution in [0, 0.1) is 0 Å². The molecule has 0 radical (unpaired) electrons. The molecule has 2 heterocycles. The van der Waals surface area contributed by atoms with Crippen molar-refractivity contribution in [2.45, 2.75) is 25.3 Å². The van der Waals surface area contributed by atoms with Crippen molar-refractivity contribution in [3.63, 3.8) is 0 Å². The zero-order valence-corrected chi connectivity index (χ0v) is 13.4. The number of aromatic nitrogens is 1. The molecule has 1 aliphatic heterocycles. The van der Waals surface area contributed by atoms with E-state index in [-0.39, 0.29) is 5.75 Å². The predicted molar refractivity (Wildman–Crippen MR) is 80.7 cm³/mol. The topological polar surface area (TPSA) is 70.5 Å².